The number of sulfonamides is 2. The first-order chi connectivity index (χ1) is 11.0. The molecule has 1 aromatic carbocycles. The summed E-state index contributed by atoms with van der Waals surface area (Å²) < 4.78 is 55.6. The second kappa shape index (κ2) is 6.97. The molecule has 0 heterocycles. The molecular formula is C14H25BN2O6S2. The van der Waals surface area contributed by atoms with Crippen molar-refractivity contribution in [1.82, 2.24) is 9.44 Å². The lowest BCUT2D eigenvalue weighted by atomic mass is 9.80. The van der Waals surface area contributed by atoms with Crippen molar-refractivity contribution in [1.29, 1.82) is 0 Å². The number of rotatable bonds is 5. The summed E-state index contributed by atoms with van der Waals surface area (Å²) in [6.45, 7) is 9.59. The molecule has 0 aliphatic carbocycles. The lowest BCUT2D eigenvalue weighted by Crippen LogP contribution is -2.47. The Kier molecular flexibility index (Phi) is 6.15. The molecule has 0 atom stereocenters. The van der Waals surface area contributed by atoms with Gasteiger partial charge in [-0.2, -0.15) is 0 Å². The first kappa shape index (κ1) is 22.1. The standard InChI is InChI=1S/C14H25BN2O6S2/c1-13(2,3)16-24(20,21)11-9-7-8-10(15(18)19)12(11)25(22,23)17-14(4,5)6/h7-9,16-19H,1-6H3. The van der Waals surface area contributed by atoms with Crippen LogP contribution in [-0.2, 0) is 20.0 Å². The zero-order valence-corrected chi connectivity index (χ0v) is 16.8. The molecule has 11 heteroatoms. The highest BCUT2D eigenvalue weighted by molar-refractivity contribution is 7.92. The molecule has 4 N–H and O–H groups in total. The van der Waals surface area contributed by atoms with Gasteiger partial charge in [0.15, 0.2) is 0 Å². The Morgan fingerprint density at radius 1 is 0.840 bits per heavy atom. The smallest absolute Gasteiger partial charge is 0.423 e. The lowest BCUT2D eigenvalue weighted by Gasteiger charge is -2.25. The van der Waals surface area contributed by atoms with E-state index < -0.39 is 53.5 Å². The molecule has 0 aliphatic rings. The molecule has 0 unspecified atom stereocenters. The van der Waals surface area contributed by atoms with Crippen molar-refractivity contribution in [2.45, 2.75) is 62.4 Å². The van der Waals surface area contributed by atoms with Crippen molar-refractivity contribution < 1.29 is 26.9 Å². The second-order valence-electron chi connectivity index (χ2n) is 7.76. The SMILES string of the molecule is CC(C)(C)NS(=O)(=O)c1cccc(B(O)O)c1S(=O)(=O)NC(C)(C)C. The molecule has 1 aromatic rings. The Bertz CT molecular complexity index is 837. The predicted molar refractivity (Wildman–Crippen MR) is 96.4 cm³/mol. The topological polar surface area (TPSA) is 133 Å². The van der Waals surface area contributed by atoms with E-state index in [0.717, 1.165) is 12.1 Å². The Hall–Kier alpha value is -0.975. The van der Waals surface area contributed by atoms with E-state index in [4.69, 9.17) is 0 Å². The van der Waals surface area contributed by atoms with Gasteiger partial charge in [0.25, 0.3) is 0 Å². The highest BCUT2D eigenvalue weighted by Crippen LogP contribution is 2.22. The van der Waals surface area contributed by atoms with E-state index in [2.05, 4.69) is 9.44 Å². The summed E-state index contributed by atoms with van der Waals surface area (Å²) in [5.74, 6) is 0. The van der Waals surface area contributed by atoms with Crippen LogP contribution in [0.15, 0.2) is 28.0 Å². The van der Waals surface area contributed by atoms with Gasteiger partial charge >= 0.3 is 7.12 Å². The van der Waals surface area contributed by atoms with Crippen LogP contribution in [0.5, 0.6) is 0 Å². The summed E-state index contributed by atoms with van der Waals surface area (Å²) in [4.78, 5) is -1.23. The maximum absolute atomic E-state index is 12.8. The molecule has 0 aromatic heterocycles. The van der Waals surface area contributed by atoms with Crippen molar-refractivity contribution in [3.63, 3.8) is 0 Å². The third-order valence-electron chi connectivity index (χ3n) is 2.73. The van der Waals surface area contributed by atoms with Gasteiger partial charge in [0.2, 0.25) is 20.0 Å². The largest absolute Gasteiger partial charge is 0.489 e. The molecule has 142 valence electrons. The number of hydrogen-bond donors (Lipinski definition) is 4. The Morgan fingerprint density at radius 2 is 1.28 bits per heavy atom. The number of benzene rings is 1. The van der Waals surface area contributed by atoms with Gasteiger partial charge in [-0.3, -0.25) is 0 Å². The fraction of sp³-hybridized carbons (Fsp3) is 0.571. The monoisotopic (exact) mass is 392 g/mol. The van der Waals surface area contributed by atoms with E-state index in [9.17, 15) is 26.9 Å². The normalized spacial score (nSPS) is 13.8. The molecule has 0 bridgehead atoms. The van der Waals surface area contributed by atoms with E-state index in [1.165, 1.54) is 6.07 Å². The van der Waals surface area contributed by atoms with Crippen LogP contribution in [0.1, 0.15) is 41.5 Å². The lowest BCUT2D eigenvalue weighted by molar-refractivity contribution is 0.423. The summed E-state index contributed by atoms with van der Waals surface area (Å²) in [6, 6.07) is 3.51. The molecule has 0 aliphatic heterocycles. The van der Waals surface area contributed by atoms with Crippen LogP contribution in [0.3, 0.4) is 0 Å². The van der Waals surface area contributed by atoms with Crippen molar-refractivity contribution in [2.75, 3.05) is 0 Å². The molecule has 0 saturated heterocycles. The van der Waals surface area contributed by atoms with Crippen molar-refractivity contribution >= 4 is 32.6 Å². The molecule has 25 heavy (non-hydrogen) atoms. The maximum atomic E-state index is 12.8. The van der Waals surface area contributed by atoms with E-state index in [1.807, 2.05) is 0 Å². The van der Waals surface area contributed by atoms with Crippen molar-refractivity contribution in [3.05, 3.63) is 18.2 Å². The van der Waals surface area contributed by atoms with Crippen LogP contribution in [0.25, 0.3) is 0 Å². The number of nitrogens with one attached hydrogen (secondary N) is 2. The summed E-state index contributed by atoms with van der Waals surface area (Å²) in [6.07, 6.45) is 0. The third-order valence-corrected chi connectivity index (χ3v) is 6.53. The minimum atomic E-state index is -4.35. The van der Waals surface area contributed by atoms with E-state index in [-0.39, 0.29) is 0 Å². The van der Waals surface area contributed by atoms with Gasteiger partial charge in [-0.05, 0) is 47.6 Å². The van der Waals surface area contributed by atoms with Crippen LogP contribution >= 0.6 is 0 Å². The minimum absolute atomic E-state index is 0.423. The molecule has 0 amide bonds. The Labute approximate surface area is 149 Å². The van der Waals surface area contributed by atoms with E-state index >= 15 is 0 Å². The van der Waals surface area contributed by atoms with Crippen LogP contribution in [0, 0.1) is 0 Å². The molecular weight excluding hydrogens is 367 g/mol. The predicted octanol–water partition coefficient (Wildman–Crippen LogP) is -0.480. The Morgan fingerprint density at radius 3 is 1.68 bits per heavy atom. The van der Waals surface area contributed by atoms with Crippen molar-refractivity contribution in [2.24, 2.45) is 0 Å². The summed E-state index contributed by atoms with van der Waals surface area (Å²) in [5.41, 5.74) is -2.18. The average Bonchev–Trinajstić information content (AvgIpc) is 2.31. The molecule has 0 radical (unpaired) electrons. The van der Waals surface area contributed by atoms with Gasteiger partial charge in [0.1, 0.15) is 9.79 Å². The Balaban J connectivity index is 3.76. The van der Waals surface area contributed by atoms with Crippen LogP contribution < -0.4 is 14.9 Å². The maximum Gasteiger partial charge on any atom is 0.489 e. The molecule has 1 rings (SSSR count). The summed E-state index contributed by atoms with van der Waals surface area (Å²) in [5, 5.41) is 19.1. The van der Waals surface area contributed by atoms with Gasteiger partial charge in [-0.1, -0.05) is 12.1 Å². The summed E-state index contributed by atoms with van der Waals surface area (Å²) >= 11 is 0. The van der Waals surface area contributed by atoms with Crippen LogP contribution in [-0.4, -0.2) is 45.1 Å². The van der Waals surface area contributed by atoms with E-state index in [0.29, 0.717) is 0 Å². The zero-order valence-electron chi connectivity index (χ0n) is 15.2. The number of hydrogen-bond acceptors (Lipinski definition) is 6. The fourth-order valence-corrected chi connectivity index (χ4v) is 6.07. The highest BCUT2D eigenvalue weighted by Gasteiger charge is 2.36. The first-order valence-electron chi connectivity index (χ1n) is 7.53. The first-order valence-corrected chi connectivity index (χ1v) is 10.5. The van der Waals surface area contributed by atoms with E-state index in [1.54, 1.807) is 41.5 Å². The molecule has 0 saturated carbocycles. The van der Waals surface area contributed by atoms with Crippen LogP contribution in [0.4, 0.5) is 0 Å². The fourth-order valence-electron chi connectivity index (χ4n) is 2.15. The quantitative estimate of drug-likeness (QED) is 0.501. The molecule has 0 spiro atoms. The highest BCUT2D eigenvalue weighted by atomic mass is 32.2. The van der Waals surface area contributed by atoms with Crippen LogP contribution in [0.2, 0.25) is 0 Å². The van der Waals surface area contributed by atoms with Gasteiger partial charge in [0.05, 0.1) is 0 Å². The van der Waals surface area contributed by atoms with Gasteiger partial charge in [-0.15, -0.1) is 0 Å². The molecule has 8 nitrogen and oxygen atoms in total. The second-order valence-corrected chi connectivity index (χ2v) is 11.0. The average molecular weight is 392 g/mol. The summed E-state index contributed by atoms with van der Waals surface area (Å²) in [7, 11) is -10.7. The third kappa shape index (κ3) is 6.05. The van der Waals surface area contributed by atoms with Gasteiger partial charge < -0.3 is 10.0 Å². The zero-order chi connectivity index (χ0) is 19.8. The van der Waals surface area contributed by atoms with Gasteiger partial charge in [-0.25, -0.2) is 26.3 Å². The minimum Gasteiger partial charge on any atom is -0.423 e. The van der Waals surface area contributed by atoms with Crippen molar-refractivity contribution in [3.8, 4) is 0 Å². The van der Waals surface area contributed by atoms with Gasteiger partial charge in [0, 0.05) is 16.5 Å². The molecule has 0 fully saturated rings.